The maximum atomic E-state index is 12.9. The van der Waals surface area contributed by atoms with Gasteiger partial charge in [-0.2, -0.15) is 0 Å². The van der Waals surface area contributed by atoms with Crippen LogP contribution in [0.1, 0.15) is 73.9 Å². The highest BCUT2D eigenvalue weighted by Gasteiger charge is 2.20. The van der Waals surface area contributed by atoms with Gasteiger partial charge in [0.2, 0.25) is 0 Å². The molecular formula is C26H36N2O6. The van der Waals surface area contributed by atoms with Crippen LogP contribution >= 0.6 is 0 Å². The highest BCUT2D eigenvalue weighted by molar-refractivity contribution is 5.96. The largest absolute Gasteiger partial charge is 0.490 e. The number of unbranched alkanes of at least 4 members (excludes halogenated alkanes) is 4. The van der Waals surface area contributed by atoms with Crippen molar-refractivity contribution in [2.45, 2.75) is 65.4 Å². The highest BCUT2D eigenvalue weighted by atomic mass is 16.6. The second-order valence-electron chi connectivity index (χ2n) is 8.12. The highest BCUT2D eigenvalue weighted by Crippen LogP contribution is 2.34. The van der Waals surface area contributed by atoms with Crippen molar-refractivity contribution >= 4 is 11.6 Å². The fourth-order valence-corrected chi connectivity index (χ4v) is 3.51. The van der Waals surface area contributed by atoms with Gasteiger partial charge in [0.1, 0.15) is 0 Å². The fourth-order valence-electron chi connectivity index (χ4n) is 3.51. The number of non-ortho nitro benzene ring substituents is 1. The molecule has 0 aliphatic rings. The Balaban J connectivity index is 2.09. The Hall–Kier alpha value is -3.13. The molecule has 0 aliphatic heterocycles. The van der Waals surface area contributed by atoms with Crippen LogP contribution in [0.25, 0.3) is 0 Å². The summed E-state index contributed by atoms with van der Waals surface area (Å²) in [6.45, 7) is 5.27. The van der Waals surface area contributed by atoms with Crippen molar-refractivity contribution in [3.05, 3.63) is 63.2 Å². The number of nitrogens with one attached hydrogen (secondary N) is 1. The number of nitrogens with zero attached hydrogens (tertiary/aromatic N) is 1. The second kappa shape index (κ2) is 14.9. The van der Waals surface area contributed by atoms with Gasteiger partial charge in [0.05, 0.1) is 24.7 Å². The molecule has 2 rings (SSSR count). The van der Waals surface area contributed by atoms with E-state index in [1.807, 2.05) is 0 Å². The van der Waals surface area contributed by atoms with Gasteiger partial charge in [0.25, 0.3) is 11.6 Å². The summed E-state index contributed by atoms with van der Waals surface area (Å²) in [6.07, 6.45) is 6.57. The lowest BCUT2D eigenvalue weighted by molar-refractivity contribution is -0.384. The maximum absolute atomic E-state index is 12.9. The number of aliphatic hydroxyl groups excluding tert-OH is 1. The molecule has 2 aromatic carbocycles. The Morgan fingerprint density at radius 2 is 1.62 bits per heavy atom. The van der Waals surface area contributed by atoms with E-state index < -0.39 is 4.92 Å². The van der Waals surface area contributed by atoms with E-state index >= 15 is 0 Å². The molecule has 0 aromatic heterocycles. The van der Waals surface area contributed by atoms with Gasteiger partial charge < -0.3 is 19.9 Å². The number of benzene rings is 2. The average molecular weight is 473 g/mol. The van der Waals surface area contributed by atoms with E-state index in [-0.39, 0.29) is 18.2 Å². The summed E-state index contributed by atoms with van der Waals surface area (Å²) in [5.74, 6) is 0.652. The number of amides is 1. The maximum Gasteiger partial charge on any atom is 0.269 e. The molecule has 0 aliphatic carbocycles. The van der Waals surface area contributed by atoms with Crippen molar-refractivity contribution in [3.8, 4) is 11.5 Å². The third kappa shape index (κ3) is 8.33. The first-order chi connectivity index (χ1) is 16.5. The number of hydrogen-bond acceptors (Lipinski definition) is 6. The normalized spacial score (nSPS) is 10.7. The van der Waals surface area contributed by atoms with Crippen molar-refractivity contribution < 1.29 is 24.3 Å². The minimum atomic E-state index is -0.443. The molecule has 34 heavy (non-hydrogen) atoms. The molecule has 2 aromatic rings. The van der Waals surface area contributed by atoms with Crippen LogP contribution in [-0.2, 0) is 13.0 Å². The summed E-state index contributed by atoms with van der Waals surface area (Å²) < 4.78 is 11.9. The van der Waals surface area contributed by atoms with Crippen LogP contribution in [0.3, 0.4) is 0 Å². The van der Waals surface area contributed by atoms with Crippen molar-refractivity contribution in [1.29, 1.82) is 0 Å². The van der Waals surface area contributed by atoms with E-state index in [0.29, 0.717) is 48.8 Å². The number of aliphatic hydroxyl groups is 1. The molecule has 0 heterocycles. The van der Waals surface area contributed by atoms with Gasteiger partial charge in [-0.1, -0.05) is 51.7 Å². The van der Waals surface area contributed by atoms with Crippen molar-refractivity contribution in [2.75, 3.05) is 19.8 Å². The van der Waals surface area contributed by atoms with Crippen LogP contribution in [0.15, 0.2) is 36.4 Å². The number of carbonyl (C=O) groups excluding carboxylic acids is 1. The summed E-state index contributed by atoms with van der Waals surface area (Å²) in [5.41, 5.74) is 1.67. The summed E-state index contributed by atoms with van der Waals surface area (Å²) >= 11 is 0. The second-order valence-corrected chi connectivity index (χ2v) is 8.12. The zero-order valence-electron chi connectivity index (χ0n) is 20.2. The molecule has 0 saturated heterocycles. The van der Waals surface area contributed by atoms with Gasteiger partial charge in [-0.05, 0) is 37.0 Å². The van der Waals surface area contributed by atoms with Crippen molar-refractivity contribution in [1.82, 2.24) is 5.32 Å². The molecule has 0 spiro atoms. The first kappa shape index (κ1) is 27.1. The zero-order chi connectivity index (χ0) is 24.8. The Bertz CT molecular complexity index is 914. The Labute approximate surface area is 201 Å². The predicted molar refractivity (Wildman–Crippen MR) is 132 cm³/mol. The van der Waals surface area contributed by atoms with Gasteiger partial charge in [-0.15, -0.1) is 0 Å². The molecule has 186 valence electrons. The molecule has 0 bridgehead atoms. The van der Waals surface area contributed by atoms with E-state index in [1.165, 1.54) is 12.1 Å². The van der Waals surface area contributed by atoms with Gasteiger partial charge in [-0.25, -0.2) is 0 Å². The van der Waals surface area contributed by atoms with Crippen molar-refractivity contribution in [3.63, 3.8) is 0 Å². The standard InChI is InChI=1S/C26H36N2O6/c1-3-5-7-17-33-24-14-13-22(23(19-29)25(24)34-18-8-6-4-2)26(30)27-16-15-20-9-11-21(12-10-20)28(31)32/h9-14,29H,3-8,15-19H2,1-2H3,(H,27,30). The van der Waals surface area contributed by atoms with E-state index in [9.17, 15) is 20.0 Å². The molecule has 1 amide bonds. The number of carbonyl (C=O) groups is 1. The lowest BCUT2D eigenvalue weighted by atomic mass is 10.0. The zero-order valence-corrected chi connectivity index (χ0v) is 20.2. The van der Waals surface area contributed by atoms with E-state index in [0.717, 1.165) is 44.1 Å². The van der Waals surface area contributed by atoms with Gasteiger partial charge in [-0.3, -0.25) is 14.9 Å². The van der Waals surface area contributed by atoms with E-state index in [4.69, 9.17) is 9.47 Å². The lowest BCUT2D eigenvalue weighted by Crippen LogP contribution is -2.27. The molecule has 0 unspecified atom stereocenters. The number of nitro groups is 1. The smallest absolute Gasteiger partial charge is 0.269 e. The first-order valence-corrected chi connectivity index (χ1v) is 12.1. The molecule has 2 N–H and O–H groups in total. The van der Waals surface area contributed by atoms with Crippen LogP contribution in [0.5, 0.6) is 11.5 Å². The average Bonchev–Trinajstić information content (AvgIpc) is 2.84. The number of hydrogen-bond donors (Lipinski definition) is 2. The number of rotatable bonds is 16. The molecule has 0 fully saturated rings. The Morgan fingerprint density at radius 1 is 0.971 bits per heavy atom. The summed E-state index contributed by atoms with van der Waals surface area (Å²) in [6, 6.07) is 9.63. The van der Waals surface area contributed by atoms with Gasteiger partial charge in [0.15, 0.2) is 11.5 Å². The van der Waals surface area contributed by atoms with Crippen LogP contribution in [0, 0.1) is 10.1 Å². The quantitative estimate of drug-likeness (QED) is 0.197. The molecule has 0 atom stereocenters. The first-order valence-electron chi connectivity index (χ1n) is 12.1. The summed E-state index contributed by atoms with van der Waals surface area (Å²) in [4.78, 5) is 23.2. The Kier molecular flexibility index (Phi) is 11.9. The van der Waals surface area contributed by atoms with Crippen LogP contribution in [-0.4, -0.2) is 35.7 Å². The Morgan fingerprint density at radius 3 is 2.21 bits per heavy atom. The number of nitro benzene ring substituents is 1. The van der Waals surface area contributed by atoms with E-state index in [2.05, 4.69) is 19.2 Å². The molecule has 0 radical (unpaired) electrons. The minimum Gasteiger partial charge on any atom is -0.490 e. The molecule has 0 saturated carbocycles. The van der Waals surface area contributed by atoms with Crippen LogP contribution in [0.4, 0.5) is 5.69 Å². The summed E-state index contributed by atoms with van der Waals surface area (Å²) in [7, 11) is 0. The van der Waals surface area contributed by atoms with Crippen molar-refractivity contribution in [2.24, 2.45) is 0 Å². The lowest BCUT2D eigenvalue weighted by Gasteiger charge is -2.18. The molecule has 8 nitrogen and oxygen atoms in total. The molecule has 8 heteroatoms. The van der Waals surface area contributed by atoms with Crippen LogP contribution in [0.2, 0.25) is 0 Å². The van der Waals surface area contributed by atoms with Gasteiger partial charge in [0, 0.05) is 29.8 Å². The van der Waals surface area contributed by atoms with E-state index in [1.54, 1.807) is 24.3 Å². The SMILES string of the molecule is CCCCCOc1ccc(C(=O)NCCc2ccc([N+](=O)[O-])cc2)c(CO)c1OCCCCC. The third-order valence-corrected chi connectivity index (χ3v) is 5.47. The monoisotopic (exact) mass is 472 g/mol. The number of ether oxygens (including phenoxy) is 2. The topological polar surface area (TPSA) is 111 Å². The predicted octanol–water partition coefficient (Wildman–Crippen LogP) is 5.20. The minimum absolute atomic E-state index is 0.0313. The molecular weight excluding hydrogens is 436 g/mol. The third-order valence-electron chi connectivity index (χ3n) is 5.47. The fraction of sp³-hybridized carbons (Fsp3) is 0.500. The van der Waals surface area contributed by atoms with Gasteiger partial charge >= 0.3 is 0 Å². The van der Waals surface area contributed by atoms with Crippen LogP contribution < -0.4 is 14.8 Å². The summed E-state index contributed by atoms with van der Waals surface area (Å²) in [5, 5.41) is 23.7.